The highest BCUT2D eigenvalue weighted by molar-refractivity contribution is 9.10. The summed E-state index contributed by atoms with van der Waals surface area (Å²) in [5, 5.41) is 20.6. The lowest BCUT2D eigenvalue weighted by Crippen LogP contribution is -2.08. The van der Waals surface area contributed by atoms with Gasteiger partial charge in [0.05, 0.1) is 18.7 Å². The lowest BCUT2D eigenvalue weighted by Gasteiger charge is -2.11. The molecule has 29 heavy (non-hydrogen) atoms. The zero-order chi connectivity index (χ0) is 20.4. The molecule has 0 aliphatic heterocycles. The highest BCUT2D eigenvalue weighted by Crippen LogP contribution is 2.23. The second kappa shape index (κ2) is 8.16. The number of nitrogens with zero attached hydrogens (tertiary/aromatic N) is 5. The maximum absolute atomic E-state index is 5.26. The number of halogens is 1. The molecule has 7 nitrogen and oxygen atoms in total. The van der Waals surface area contributed by atoms with Gasteiger partial charge in [0.2, 0.25) is 0 Å². The van der Waals surface area contributed by atoms with E-state index in [9.17, 15) is 0 Å². The number of nitrogens with one attached hydrogen (secondary N) is 1. The molecule has 0 radical (unpaired) electrons. The van der Waals surface area contributed by atoms with E-state index in [4.69, 9.17) is 4.74 Å². The fourth-order valence-corrected chi connectivity index (χ4v) is 3.49. The van der Waals surface area contributed by atoms with E-state index in [1.165, 1.54) is 11.1 Å². The first-order chi connectivity index (χ1) is 14.0. The van der Waals surface area contributed by atoms with Crippen molar-refractivity contribution in [3.8, 4) is 5.75 Å². The average Bonchev–Trinajstić information content (AvgIpc) is 3.15. The van der Waals surface area contributed by atoms with E-state index in [2.05, 4.69) is 61.6 Å². The van der Waals surface area contributed by atoms with Crippen LogP contribution in [-0.2, 0) is 6.54 Å². The number of anilines is 1. The van der Waals surface area contributed by atoms with Crippen molar-refractivity contribution in [3.63, 3.8) is 0 Å². The molecule has 3 aromatic heterocycles. The zero-order valence-electron chi connectivity index (χ0n) is 16.4. The van der Waals surface area contributed by atoms with Crippen molar-refractivity contribution in [1.29, 1.82) is 0 Å². The van der Waals surface area contributed by atoms with Gasteiger partial charge >= 0.3 is 0 Å². The second-order valence-corrected chi connectivity index (χ2v) is 7.76. The summed E-state index contributed by atoms with van der Waals surface area (Å²) in [6, 6.07) is 13.8. The van der Waals surface area contributed by atoms with Crippen molar-refractivity contribution in [1.82, 2.24) is 24.8 Å². The van der Waals surface area contributed by atoms with Gasteiger partial charge in [-0.25, -0.2) is 0 Å². The van der Waals surface area contributed by atoms with Crippen molar-refractivity contribution < 1.29 is 4.74 Å². The van der Waals surface area contributed by atoms with Crippen molar-refractivity contribution in [3.05, 3.63) is 75.8 Å². The number of fused-ring (bicyclic) bond motifs is 1. The first kappa shape index (κ1) is 19.3. The maximum Gasteiger partial charge on any atom is 0.160 e. The summed E-state index contributed by atoms with van der Waals surface area (Å²) in [6.07, 6.45) is 1.96. The van der Waals surface area contributed by atoms with E-state index in [1.807, 2.05) is 47.0 Å². The number of hydrogen-bond donors (Lipinski definition) is 1. The summed E-state index contributed by atoms with van der Waals surface area (Å²) in [4.78, 5) is 0. The van der Waals surface area contributed by atoms with E-state index < -0.39 is 0 Å². The molecule has 1 atom stereocenters. The van der Waals surface area contributed by atoms with Gasteiger partial charge in [-0.1, -0.05) is 6.07 Å². The van der Waals surface area contributed by atoms with Crippen LogP contribution in [-0.4, -0.2) is 31.9 Å². The minimum Gasteiger partial charge on any atom is -0.497 e. The molecule has 0 spiro atoms. The fourth-order valence-electron chi connectivity index (χ4n) is 3.16. The van der Waals surface area contributed by atoms with Crippen LogP contribution in [0.3, 0.4) is 0 Å². The summed E-state index contributed by atoms with van der Waals surface area (Å²) in [6.45, 7) is 4.79. The van der Waals surface area contributed by atoms with Gasteiger partial charge in [-0.05, 0) is 77.3 Å². The average molecular weight is 453 g/mol. The number of ether oxygens (including phenoxy) is 1. The lowest BCUT2D eigenvalue weighted by molar-refractivity contribution is 0.414. The normalized spacial score (nSPS) is 12.1. The number of aryl methyl sites for hydroxylation is 1. The van der Waals surface area contributed by atoms with E-state index in [0.717, 1.165) is 33.2 Å². The smallest absolute Gasteiger partial charge is 0.160 e. The Bertz CT molecular complexity index is 1140. The molecule has 0 fully saturated rings. The predicted octanol–water partition coefficient (Wildman–Crippen LogP) is 4.36. The van der Waals surface area contributed by atoms with Crippen LogP contribution < -0.4 is 10.1 Å². The summed E-state index contributed by atoms with van der Waals surface area (Å²) < 4.78 is 8.19. The van der Waals surface area contributed by atoms with Crippen LogP contribution in [0.5, 0.6) is 5.75 Å². The molecular weight excluding hydrogens is 432 g/mol. The third-order valence-corrected chi connectivity index (χ3v) is 5.39. The van der Waals surface area contributed by atoms with Crippen LogP contribution in [0.25, 0.3) is 5.65 Å². The Morgan fingerprint density at radius 1 is 1.07 bits per heavy atom. The maximum atomic E-state index is 5.26. The van der Waals surface area contributed by atoms with Gasteiger partial charge in [0.15, 0.2) is 5.65 Å². The van der Waals surface area contributed by atoms with E-state index in [1.54, 1.807) is 7.11 Å². The first-order valence-electron chi connectivity index (χ1n) is 9.26. The molecule has 0 aliphatic rings. The molecule has 0 saturated heterocycles. The Hall–Kier alpha value is -3.00. The van der Waals surface area contributed by atoms with Gasteiger partial charge in [-0.15, -0.1) is 15.3 Å². The molecule has 3 heterocycles. The Morgan fingerprint density at radius 3 is 2.66 bits per heavy atom. The van der Waals surface area contributed by atoms with Crippen LogP contribution in [0.2, 0.25) is 0 Å². The molecule has 4 rings (SSSR count). The van der Waals surface area contributed by atoms with Crippen molar-refractivity contribution in [2.45, 2.75) is 26.3 Å². The Labute approximate surface area is 177 Å². The molecule has 0 amide bonds. The highest BCUT2D eigenvalue weighted by Gasteiger charge is 2.17. The second-order valence-electron chi connectivity index (χ2n) is 6.84. The van der Waals surface area contributed by atoms with Crippen LogP contribution in [0, 0.1) is 6.92 Å². The van der Waals surface area contributed by atoms with Gasteiger partial charge in [0.1, 0.15) is 17.4 Å². The van der Waals surface area contributed by atoms with Crippen molar-refractivity contribution >= 4 is 27.4 Å². The lowest BCUT2D eigenvalue weighted by atomic mass is 10.1. The van der Waals surface area contributed by atoms with E-state index in [0.29, 0.717) is 6.54 Å². The molecule has 0 bridgehead atoms. The third-order valence-electron chi connectivity index (χ3n) is 4.92. The standard InChI is InChI=1S/C21H21BrN6O/c1-13-10-17(29-3)6-4-15(13)11-23-19-8-7-18(24-25-19)14(2)21-27-26-20-9-5-16(22)12-28(20)21/h4-10,12,14H,11H2,1-3H3,(H,23,25). The molecule has 1 aromatic carbocycles. The van der Waals surface area contributed by atoms with Crippen molar-refractivity contribution in [2.24, 2.45) is 0 Å². The summed E-state index contributed by atoms with van der Waals surface area (Å²) >= 11 is 3.50. The number of pyridine rings is 1. The largest absolute Gasteiger partial charge is 0.497 e. The summed E-state index contributed by atoms with van der Waals surface area (Å²) in [7, 11) is 1.67. The van der Waals surface area contributed by atoms with E-state index in [-0.39, 0.29) is 5.92 Å². The SMILES string of the molecule is COc1ccc(CNc2ccc(C(C)c3nnc4ccc(Br)cn34)nn2)c(C)c1. The van der Waals surface area contributed by atoms with Crippen LogP contribution in [0.4, 0.5) is 5.82 Å². The Morgan fingerprint density at radius 2 is 1.93 bits per heavy atom. The third kappa shape index (κ3) is 4.07. The number of methoxy groups -OCH3 is 1. The molecule has 1 unspecified atom stereocenters. The van der Waals surface area contributed by atoms with Gasteiger partial charge in [-0.3, -0.25) is 4.40 Å². The van der Waals surface area contributed by atoms with Gasteiger partial charge < -0.3 is 10.1 Å². The van der Waals surface area contributed by atoms with Crippen LogP contribution in [0.15, 0.2) is 53.1 Å². The molecule has 1 N–H and O–H groups in total. The van der Waals surface area contributed by atoms with Gasteiger partial charge in [0.25, 0.3) is 0 Å². The quantitative estimate of drug-likeness (QED) is 0.468. The predicted molar refractivity (Wildman–Crippen MR) is 115 cm³/mol. The number of benzene rings is 1. The minimum atomic E-state index is -0.0373. The van der Waals surface area contributed by atoms with Crippen LogP contribution >= 0.6 is 15.9 Å². The number of aromatic nitrogens is 5. The summed E-state index contributed by atoms with van der Waals surface area (Å²) in [5.74, 6) is 2.37. The highest BCUT2D eigenvalue weighted by atomic mass is 79.9. The molecule has 8 heteroatoms. The molecule has 0 saturated carbocycles. The number of hydrogen-bond acceptors (Lipinski definition) is 6. The zero-order valence-corrected chi connectivity index (χ0v) is 18.0. The fraction of sp³-hybridized carbons (Fsp3) is 0.238. The van der Waals surface area contributed by atoms with Gasteiger partial charge in [0, 0.05) is 17.2 Å². The Kier molecular flexibility index (Phi) is 5.44. The molecule has 0 aliphatic carbocycles. The first-order valence-corrected chi connectivity index (χ1v) is 10.1. The monoisotopic (exact) mass is 452 g/mol. The van der Waals surface area contributed by atoms with Gasteiger partial charge in [-0.2, -0.15) is 5.10 Å². The number of rotatable bonds is 6. The minimum absolute atomic E-state index is 0.0373. The Balaban J connectivity index is 1.48. The van der Waals surface area contributed by atoms with Crippen LogP contribution in [0.1, 0.15) is 35.5 Å². The molecule has 148 valence electrons. The molecule has 4 aromatic rings. The summed E-state index contributed by atoms with van der Waals surface area (Å²) in [5.41, 5.74) is 3.99. The topological polar surface area (TPSA) is 77.2 Å². The van der Waals surface area contributed by atoms with Crippen molar-refractivity contribution in [2.75, 3.05) is 12.4 Å². The molecular formula is C21H21BrN6O. The van der Waals surface area contributed by atoms with E-state index >= 15 is 0 Å².